The molecule has 2 rings (SSSR count). The van der Waals surface area contributed by atoms with Crippen molar-refractivity contribution in [2.45, 2.75) is 0 Å². The number of fused-ring (bicyclic) bond motifs is 1. The predicted molar refractivity (Wildman–Crippen MR) is 57.5 cm³/mol. The third kappa shape index (κ3) is 1.57. The zero-order valence-corrected chi connectivity index (χ0v) is 8.60. The van der Waals surface area contributed by atoms with E-state index in [1.165, 1.54) is 0 Å². The van der Waals surface area contributed by atoms with Gasteiger partial charge in [-0.1, -0.05) is 0 Å². The molecular formula is C11H10N2O3. The Morgan fingerprint density at radius 3 is 2.88 bits per heavy atom. The topological polar surface area (TPSA) is 71.5 Å². The quantitative estimate of drug-likeness (QED) is 0.589. The number of aromatic nitrogens is 1. The summed E-state index contributed by atoms with van der Waals surface area (Å²) in [6.07, 6.45) is 3.19. The number of benzene rings is 1. The van der Waals surface area contributed by atoms with Crippen LogP contribution in [0.25, 0.3) is 10.8 Å². The summed E-state index contributed by atoms with van der Waals surface area (Å²) < 4.78 is 5.16. The van der Waals surface area contributed by atoms with E-state index in [4.69, 9.17) is 9.94 Å². The summed E-state index contributed by atoms with van der Waals surface area (Å²) in [5, 5.41) is 10.0. The molecule has 1 amide bonds. The van der Waals surface area contributed by atoms with Gasteiger partial charge in [-0.15, -0.1) is 0 Å². The van der Waals surface area contributed by atoms with Crippen LogP contribution < -0.4 is 10.2 Å². The lowest BCUT2D eigenvalue weighted by molar-refractivity contribution is 0.0708. The minimum absolute atomic E-state index is 0.376. The number of hydroxylamine groups is 1. The van der Waals surface area contributed by atoms with Crippen LogP contribution in [-0.2, 0) is 0 Å². The van der Waals surface area contributed by atoms with Crippen LogP contribution in [-0.4, -0.2) is 23.2 Å². The van der Waals surface area contributed by atoms with Gasteiger partial charge in [-0.2, -0.15) is 0 Å². The number of methoxy groups -OCH3 is 1. The fourth-order valence-corrected chi connectivity index (χ4v) is 1.60. The molecule has 2 N–H and O–H groups in total. The molecule has 1 aromatic carbocycles. The zero-order chi connectivity index (χ0) is 11.5. The van der Waals surface area contributed by atoms with Gasteiger partial charge in [0, 0.05) is 28.7 Å². The van der Waals surface area contributed by atoms with Crippen LogP contribution in [0.15, 0.2) is 30.6 Å². The molecule has 0 unspecified atom stereocenters. The lowest BCUT2D eigenvalue weighted by Crippen LogP contribution is -2.18. The first-order chi connectivity index (χ1) is 7.77. The Hall–Kier alpha value is -2.14. The standard InChI is InChI=1S/C11H10N2O3/c1-16-10-3-2-8(11(14)13-15)7-4-5-12-6-9(7)10/h2-6,15H,1H3,(H,13,14). The Labute approximate surface area is 91.6 Å². The predicted octanol–water partition coefficient (Wildman–Crippen LogP) is 1.36. The summed E-state index contributed by atoms with van der Waals surface area (Å²) >= 11 is 0. The van der Waals surface area contributed by atoms with E-state index in [0.717, 1.165) is 5.39 Å². The van der Waals surface area contributed by atoms with E-state index in [1.54, 1.807) is 43.2 Å². The number of hydrogen-bond donors (Lipinski definition) is 2. The normalized spacial score (nSPS) is 10.1. The van der Waals surface area contributed by atoms with Crippen molar-refractivity contribution < 1.29 is 14.7 Å². The highest BCUT2D eigenvalue weighted by molar-refractivity contribution is 6.07. The largest absolute Gasteiger partial charge is 0.496 e. The number of carbonyl (C=O) groups excluding carboxylic acids is 1. The molecule has 0 aliphatic carbocycles. The number of nitrogens with zero attached hydrogens (tertiary/aromatic N) is 1. The van der Waals surface area contributed by atoms with Crippen LogP contribution in [0.4, 0.5) is 0 Å². The number of pyridine rings is 1. The number of carbonyl (C=O) groups is 1. The van der Waals surface area contributed by atoms with Gasteiger partial charge < -0.3 is 4.74 Å². The second-order valence-corrected chi connectivity index (χ2v) is 3.18. The summed E-state index contributed by atoms with van der Waals surface area (Å²) in [4.78, 5) is 15.4. The number of ether oxygens (including phenoxy) is 1. The number of rotatable bonds is 2. The highest BCUT2D eigenvalue weighted by atomic mass is 16.5. The second-order valence-electron chi connectivity index (χ2n) is 3.18. The molecular weight excluding hydrogens is 208 g/mol. The Morgan fingerprint density at radius 1 is 1.38 bits per heavy atom. The van der Waals surface area contributed by atoms with E-state index >= 15 is 0 Å². The van der Waals surface area contributed by atoms with Crippen molar-refractivity contribution in [3.8, 4) is 5.75 Å². The smallest absolute Gasteiger partial charge is 0.275 e. The van der Waals surface area contributed by atoms with Gasteiger partial charge >= 0.3 is 0 Å². The lowest BCUT2D eigenvalue weighted by Gasteiger charge is -2.08. The Morgan fingerprint density at radius 2 is 2.19 bits per heavy atom. The summed E-state index contributed by atoms with van der Waals surface area (Å²) in [6.45, 7) is 0. The van der Waals surface area contributed by atoms with Gasteiger partial charge in [-0.3, -0.25) is 15.0 Å². The van der Waals surface area contributed by atoms with E-state index in [1.807, 2.05) is 0 Å². The van der Waals surface area contributed by atoms with Gasteiger partial charge in [-0.25, -0.2) is 5.48 Å². The molecule has 5 nitrogen and oxygen atoms in total. The first-order valence-electron chi connectivity index (χ1n) is 4.63. The molecule has 0 aliphatic rings. The summed E-state index contributed by atoms with van der Waals surface area (Å²) in [5.41, 5.74) is 1.99. The maximum Gasteiger partial charge on any atom is 0.275 e. The molecule has 0 radical (unpaired) electrons. The molecule has 1 heterocycles. The van der Waals surface area contributed by atoms with E-state index in [2.05, 4.69) is 4.98 Å². The Balaban J connectivity index is 2.74. The van der Waals surface area contributed by atoms with Crippen LogP contribution in [0.5, 0.6) is 5.75 Å². The first kappa shape index (κ1) is 10.4. The van der Waals surface area contributed by atoms with Crippen LogP contribution in [0.1, 0.15) is 10.4 Å². The maximum atomic E-state index is 11.4. The highest BCUT2D eigenvalue weighted by Gasteiger charge is 2.11. The second kappa shape index (κ2) is 4.16. The number of amides is 1. The van der Waals surface area contributed by atoms with Crippen molar-refractivity contribution in [1.29, 1.82) is 0 Å². The summed E-state index contributed by atoms with van der Waals surface area (Å²) in [6, 6.07) is 4.95. The third-order valence-electron chi connectivity index (χ3n) is 2.34. The van der Waals surface area contributed by atoms with E-state index in [-0.39, 0.29) is 0 Å². The van der Waals surface area contributed by atoms with E-state index in [9.17, 15) is 4.79 Å². The SMILES string of the molecule is COc1ccc(C(=O)NO)c2ccncc12. The van der Waals surface area contributed by atoms with Gasteiger partial charge in [0.1, 0.15) is 5.75 Å². The molecule has 5 heteroatoms. The molecule has 0 bridgehead atoms. The van der Waals surface area contributed by atoms with Gasteiger partial charge in [-0.05, 0) is 18.2 Å². The van der Waals surface area contributed by atoms with Crippen LogP contribution in [0, 0.1) is 0 Å². The molecule has 1 aromatic heterocycles. The van der Waals surface area contributed by atoms with Crippen molar-refractivity contribution in [3.05, 3.63) is 36.2 Å². The maximum absolute atomic E-state index is 11.4. The summed E-state index contributed by atoms with van der Waals surface area (Å²) in [5.74, 6) is 0.0800. The van der Waals surface area contributed by atoms with Crippen LogP contribution in [0.2, 0.25) is 0 Å². The third-order valence-corrected chi connectivity index (χ3v) is 2.34. The van der Waals surface area contributed by atoms with Crippen molar-refractivity contribution >= 4 is 16.7 Å². The minimum Gasteiger partial charge on any atom is -0.496 e. The molecule has 0 atom stereocenters. The van der Waals surface area contributed by atoms with Gasteiger partial charge in [0.15, 0.2) is 0 Å². The monoisotopic (exact) mass is 218 g/mol. The Kier molecular flexibility index (Phi) is 2.70. The average molecular weight is 218 g/mol. The molecule has 0 spiro atoms. The lowest BCUT2D eigenvalue weighted by atomic mass is 10.1. The van der Waals surface area contributed by atoms with Crippen molar-refractivity contribution in [3.63, 3.8) is 0 Å². The van der Waals surface area contributed by atoms with Crippen molar-refractivity contribution in [1.82, 2.24) is 10.5 Å². The Bertz CT molecular complexity index is 540. The summed E-state index contributed by atoms with van der Waals surface area (Å²) in [7, 11) is 1.55. The van der Waals surface area contributed by atoms with E-state index in [0.29, 0.717) is 16.7 Å². The fourth-order valence-electron chi connectivity index (χ4n) is 1.60. The molecule has 0 aliphatic heterocycles. The van der Waals surface area contributed by atoms with Crippen LogP contribution >= 0.6 is 0 Å². The van der Waals surface area contributed by atoms with Gasteiger partial charge in [0.05, 0.1) is 7.11 Å². The molecule has 0 fully saturated rings. The van der Waals surface area contributed by atoms with Gasteiger partial charge in [0.25, 0.3) is 5.91 Å². The highest BCUT2D eigenvalue weighted by Crippen LogP contribution is 2.27. The molecule has 0 saturated heterocycles. The molecule has 82 valence electrons. The molecule has 16 heavy (non-hydrogen) atoms. The fraction of sp³-hybridized carbons (Fsp3) is 0.0909. The van der Waals surface area contributed by atoms with Crippen LogP contribution in [0.3, 0.4) is 0 Å². The van der Waals surface area contributed by atoms with Crippen molar-refractivity contribution in [2.75, 3.05) is 7.11 Å². The van der Waals surface area contributed by atoms with Crippen molar-refractivity contribution in [2.24, 2.45) is 0 Å². The van der Waals surface area contributed by atoms with E-state index < -0.39 is 5.91 Å². The molecule has 0 saturated carbocycles. The molecule has 2 aromatic rings. The number of hydrogen-bond acceptors (Lipinski definition) is 4. The minimum atomic E-state index is -0.557. The average Bonchev–Trinajstić information content (AvgIpc) is 2.36. The first-order valence-corrected chi connectivity index (χ1v) is 4.63. The van der Waals surface area contributed by atoms with Gasteiger partial charge in [0.2, 0.25) is 0 Å². The number of nitrogens with one attached hydrogen (secondary N) is 1. The zero-order valence-electron chi connectivity index (χ0n) is 8.60.